The Morgan fingerprint density at radius 1 is 1.09 bits per heavy atom. The normalized spacial score (nSPS) is 16.9. The van der Waals surface area contributed by atoms with Gasteiger partial charge in [0, 0.05) is 43.8 Å². The van der Waals surface area contributed by atoms with Gasteiger partial charge in [0.05, 0.1) is 32.9 Å². The van der Waals surface area contributed by atoms with Gasteiger partial charge in [-0.05, 0) is 13.0 Å². The highest BCUT2D eigenvalue weighted by Gasteiger charge is 2.38. The Hall–Kier alpha value is -3.62. The standard InChI is InChI=1S/C25H30N2O7/c1-5-26(14-16-7-6-8-19-23(16)34-10-9-33-19)25(29)17-11-22(28)27(15-17)18-12-20(30-2)24(32-4)21(13-18)31-3/h6-8,12-13,17H,5,9-11,14-15H2,1-4H3. The van der Waals surface area contributed by atoms with E-state index in [1.807, 2.05) is 25.1 Å². The van der Waals surface area contributed by atoms with Crippen molar-refractivity contribution >= 4 is 17.5 Å². The van der Waals surface area contributed by atoms with E-state index in [1.165, 1.54) is 21.3 Å². The number of para-hydroxylation sites is 1. The molecule has 0 radical (unpaired) electrons. The molecule has 182 valence electrons. The number of benzene rings is 2. The maximum absolute atomic E-state index is 13.4. The Morgan fingerprint density at radius 3 is 2.44 bits per heavy atom. The lowest BCUT2D eigenvalue weighted by atomic mass is 10.1. The molecule has 0 N–H and O–H groups in total. The summed E-state index contributed by atoms with van der Waals surface area (Å²) in [5.74, 6) is 2.07. The molecule has 2 amide bonds. The highest BCUT2D eigenvalue weighted by atomic mass is 16.6. The predicted octanol–water partition coefficient (Wildman–Crippen LogP) is 2.89. The van der Waals surface area contributed by atoms with Crippen LogP contribution in [0, 0.1) is 5.92 Å². The number of carbonyl (C=O) groups excluding carboxylic acids is 2. The minimum Gasteiger partial charge on any atom is -0.493 e. The van der Waals surface area contributed by atoms with Crippen LogP contribution in [0.5, 0.6) is 28.7 Å². The van der Waals surface area contributed by atoms with E-state index in [0.717, 1.165) is 5.56 Å². The van der Waals surface area contributed by atoms with Crippen molar-refractivity contribution in [1.29, 1.82) is 0 Å². The summed E-state index contributed by atoms with van der Waals surface area (Å²) in [5.41, 5.74) is 1.48. The fourth-order valence-electron chi connectivity index (χ4n) is 4.41. The van der Waals surface area contributed by atoms with Gasteiger partial charge in [-0.2, -0.15) is 0 Å². The summed E-state index contributed by atoms with van der Waals surface area (Å²) in [5, 5.41) is 0. The molecule has 4 rings (SSSR count). The minimum atomic E-state index is -0.455. The molecule has 34 heavy (non-hydrogen) atoms. The molecular weight excluding hydrogens is 440 g/mol. The zero-order chi connectivity index (χ0) is 24.2. The second-order valence-electron chi connectivity index (χ2n) is 8.08. The molecule has 1 saturated heterocycles. The SMILES string of the molecule is CCN(Cc1cccc2c1OCCO2)C(=O)C1CC(=O)N(c2cc(OC)c(OC)c(OC)c2)C1. The number of fused-ring (bicyclic) bond motifs is 1. The van der Waals surface area contributed by atoms with E-state index in [-0.39, 0.29) is 24.8 Å². The first-order valence-corrected chi connectivity index (χ1v) is 11.3. The van der Waals surface area contributed by atoms with Gasteiger partial charge >= 0.3 is 0 Å². The second kappa shape index (κ2) is 10.1. The molecule has 0 spiro atoms. The first-order chi connectivity index (χ1) is 16.5. The van der Waals surface area contributed by atoms with Gasteiger partial charge in [-0.1, -0.05) is 12.1 Å². The highest BCUT2D eigenvalue weighted by Crippen LogP contribution is 2.42. The van der Waals surface area contributed by atoms with Gasteiger partial charge in [-0.3, -0.25) is 9.59 Å². The molecule has 0 aromatic heterocycles. The first-order valence-electron chi connectivity index (χ1n) is 11.3. The van der Waals surface area contributed by atoms with Crippen molar-refractivity contribution < 1.29 is 33.3 Å². The average molecular weight is 471 g/mol. The van der Waals surface area contributed by atoms with E-state index in [9.17, 15) is 9.59 Å². The zero-order valence-corrected chi connectivity index (χ0v) is 20.0. The van der Waals surface area contributed by atoms with E-state index in [4.69, 9.17) is 23.7 Å². The third-order valence-electron chi connectivity index (χ3n) is 6.14. The number of hydrogen-bond acceptors (Lipinski definition) is 7. The van der Waals surface area contributed by atoms with Crippen LogP contribution in [0.25, 0.3) is 0 Å². The van der Waals surface area contributed by atoms with E-state index in [1.54, 1.807) is 21.9 Å². The minimum absolute atomic E-state index is 0.0693. The van der Waals surface area contributed by atoms with Crippen molar-refractivity contribution in [1.82, 2.24) is 4.90 Å². The number of anilines is 1. The highest BCUT2D eigenvalue weighted by molar-refractivity contribution is 6.00. The molecule has 1 atom stereocenters. The third-order valence-corrected chi connectivity index (χ3v) is 6.14. The van der Waals surface area contributed by atoms with Crippen LogP contribution in [-0.4, -0.2) is 64.3 Å². The number of rotatable bonds is 8. The summed E-state index contributed by atoms with van der Waals surface area (Å²) in [7, 11) is 4.57. The largest absolute Gasteiger partial charge is 0.493 e. The molecule has 2 aliphatic rings. The monoisotopic (exact) mass is 470 g/mol. The van der Waals surface area contributed by atoms with Crippen LogP contribution in [0.15, 0.2) is 30.3 Å². The molecule has 1 unspecified atom stereocenters. The molecule has 0 saturated carbocycles. The Bertz CT molecular complexity index is 1050. The van der Waals surface area contributed by atoms with Crippen LogP contribution < -0.4 is 28.6 Å². The van der Waals surface area contributed by atoms with Crippen LogP contribution in [0.2, 0.25) is 0 Å². The van der Waals surface area contributed by atoms with E-state index < -0.39 is 5.92 Å². The summed E-state index contributed by atoms with van der Waals surface area (Å²) >= 11 is 0. The fraction of sp³-hybridized carbons (Fsp3) is 0.440. The lowest BCUT2D eigenvalue weighted by Crippen LogP contribution is -2.37. The van der Waals surface area contributed by atoms with Crippen LogP contribution in [0.1, 0.15) is 18.9 Å². The van der Waals surface area contributed by atoms with E-state index >= 15 is 0 Å². The van der Waals surface area contributed by atoms with Gasteiger partial charge in [0.2, 0.25) is 17.6 Å². The van der Waals surface area contributed by atoms with Gasteiger partial charge in [-0.25, -0.2) is 0 Å². The summed E-state index contributed by atoms with van der Waals surface area (Å²) < 4.78 is 27.7. The molecule has 2 aromatic rings. The molecule has 0 aliphatic carbocycles. The van der Waals surface area contributed by atoms with Crippen molar-refractivity contribution in [3.63, 3.8) is 0 Å². The number of ether oxygens (including phenoxy) is 5. The number of nitrogens with zero attached hydrogens (tertiary/aromatic N) is 2. The molecule has 2 aliphatic heterocycles. The van der Waals surface area contributed by atoms with Crippen LogP contribution in [0.4, 0.5) is 5.69 Å². The maximum atomic E-state index is 13.4. The number of methoxy groups -OCH3 is 3. The number of hydrogen-bond donors (Lipinski definition) is 0. The van der Waals surface area contributed by atoms with Gasteiger partial charge < -0.3 is 33.5 Å². The molecule has 9 nitrogen and oxygen atoms in total. The summed E-state index contributed by atoms with van der Waals surface area (Å²) in [6.07, 6.45) is 0.137. The van der Waals surface area contributed by atoms with Crippen molar-refractivity contribution in [2.24, 2.45) is 5.92 Å². The lowest BCUT2D eigenvalue weighted by molar-refractivity contribution is -0.136. The Morgan fingerprint density at radius 2 is 1.79 bits per heavy atom. The summed E-state index contributed by atoms with van der Waals surface area (Å²) in [4.78, 5) is 29.7. The Kier molecular flexibility index (Phi) is 7.00. The molecule has 0 bridgehead atoms. The summed E-state index contributed by atoms with van der Waals surface area (Å²) in [6, 6.07) is 9.13. The average Bonchev–Trinajstić information content (AvgIpc) is 3.27. The molecule has 9 heteroatoms. The lowest BCUT2D eigenvalue weighted by Gasteiger charge is -2.27. The zero-order valence-electron chi connectivity index (χ0n) is 20.0. The van der Waals surface area contributed by atoms with Crippen LogP contribution in [-0.2, 0) is 16.1 Å². The van der Waals surface area contributed by atoms with Crippen molar-refractivity contribution in [2.75, 3.05) is 52.5 Å². The van der Waals surface area contributed by atoms with Gasteiger partial charge in [0.25, 0.3) is 0 Å². The molecule has 1 fully saturated rings. The summed E-state index contributed by atoms with van der Waals surface area (Å²) in [6.45, 7) is 4.09. The van der Waals surface area contributed by atoms with E-state index in [2.05, 4.69) is 0 Å². The van der Waals surface area contributed by atoms with Crippen molar-refractivity contribution in [2.45, 2.75) is 19.9 Å². The van der Waals surface area contributed by atoms with Crippen molar-refractivity contribution in [3.05, 3.63) is 35.9 Å². The molecular formula is C25H30N2O7. The topological polar surface area (TPSA) is 86.8 Å². The second-order valence-corrected chi connectivity index (χ2v) is 8.08. The quantitative estimate of drug-likeness (QED) is 0.586. The third kappa shape index (κ3) is 4.42. The van der Waals surface area contributed by atoms with Gasteiger partial charge in [0.1, 0.15) is 13.2 Å². The maximum Gasteiger partial charge on any atom is 0.228 e. The molecule has 2 heterocycles. The van der Waals surface area contributed by atoms with E-state index in [0.29, 0.717) is 60.7 Å². The van der Waals surface area contributed by atoms with Crippen LogP contribution >= 0.6 is 0 Å². The van der Waals surface area contributed by atoms with Gasteiger partial charge in [-0.15, -0.1) is 0 Å². The molecule has 2 aromatic carbocycles. The smallest absolute Gasteiger partial charge is 0.228 e. The van der Waals surface area contributed by atoms with Crippen molar-refractivity contribution in [3.8, 4) is 28.7 Å². The first kappa shape index (κ1) is 23.5. The Balaban J connectivity index is 1.53. The van der Waals surface area contributed by atoms with Crippen LogP contribution in [0.3, 0.4) is 0 Å². The van der Waals surface area contributed by atoms with Gasteiger partial charge in [0.15, 0.2) is 23.0 Å². The predicted molar refractivity (Wildman–Crippen MR) is 125 cm³/mol. The number of amides is 2. The Labute approximate surface area is 199 Å². The number of carbonyl (C=O) groups is 2. The fourth-order valence-corrected chi connectivity index (χ4v) is 4.41.